The fraction of sp³-hybridized carbons (Fsp3) is 0.308. The Morgan fingerprint density at radius 1 is 1.42 bits per heavy atom. The third-order valence-electron chi connectivity index (χ3n) is 2.85. The van der Waals surface area contributed by atoms with Crippen LogP contribution in [0.25, 0.3) is 11.0 Å². The van der Waals surface area contributed by atoms with Crippen LogP contribution in [-0.4, -0.2) is 35.0 Å². The lowest BCUT2D eigenvalue weighted by Gasteiger charge is -2.05. The smallest absolute Gasteiger partial charge is 0.251 e. The Labute approximate surface area is 110 Å². The molecule has 2 N–H and O–H groups in total. The Hall–Kier alpha value is -2.37. The molecule has 0 aliphatic heterocycles. The van der Waals surface area contributed by atoms with Gasteiger partial charge in [-0.1, -0.05) is 0 Å². The number of imidazole rings is 1. The summed E-state index contributed by atoms with van der Waals surface area (Å²) in [7, 11) is 1.91. The zero-order valence-corrected chi connectivity index (χ0v) is 10.7. The lowest BCUT2D eigenvalue weighted by molar-refractivity contribution is -0.109. The number of amides is 2. The number of rotatable bonds is 6. The summed E-state index contributed by atoms with van der Waals surface area (Å²) in [5.41, 5.74) is 2.39. The van der Waals surface area contributed by atoms with Crippen LogP contribution in [0.3, 0.4) is 0 Å². The van der Waals surface area contributed by atoms with Crippen LogP contribution in [0.2, 0.25) is 0 Å². The molecule has 0 radical (unpaired) electrons. The van der Waals surface area contributed by atoms with Crippen molar-refractivity contribution in [2.45, 2.75) is 6.42 Å². The molecule has 2 rings (SSSR count). The van der Waals surface area contributed by atoms with Gasteiger partial charge in [0.2, 0.25) is 6.41 Å². The van der Waals surface area contributed by atoms with E-state index in [2.05, 4.69) is 15.6 Å². The van der Waals surface area contributed by atoms with Crippen molar-refractivity contribution in [2.24, 2.45) is 7.05 Å². The molecule has 2 amide bonds. The quantitative estimate of drug-likeness (QED) is 0.584. The van der Waals surface area contributed by atoms with Crippen molar-refractivity contribution in [2.75, 3.05) is 13.1 Å². The number of nitrogens with one attached hydrogen (secondary N) is 2. The van der Waals surface area contributed by atoms with Crippen LogP contribution in [0, 0.1) is 0 Å². The van der Waals surface area contributed by atoms with Gasteiger partial charge in [-0.15, -0.1) is 0 Å². The number of aromatic nitrogens is 2. The lowest BCUT2D eigenvalue weighted by Crippen LogP contribution is -2.27. The van der Waals surface area contributed by atoms with E-state index in [-0.39, 0.29) is 5.91 Å². The first-order valence-electron chi connectivity index (χ1n) is 6.08. The van der Waals surface area contributed by atoms with Crippen LogP contribution in [-0.2, 0) is 11.8 Å². The Bertz CT molecular complexity index is 591. The molecular weight excluding hydrogens is 244 g/mol. The molecular formula is C13H16N4O2. The van der Waals surface area contributed by atoms with Crippen molar-refractivity contribution in [1.29, 1.82) is 0 Å². The molecule has 0 saturated carbocycles. The van der Waals surface area contributed by atoms with Gasteiger partial charge in [0.1, 0.15) is 0 Å². The van der Waals surface area contributed by atoms with E-state index < -0.39 is 0 Å². The van der Waals surface area contributed by atoms with Crippen molar-refractivity contribution >= 4 is 23.4 Å². The summed E-state index contributed by atoms with van der Waals surface area (Å²) in [6.07, 6.45) is 3.07. The minimum absolute atomic E-state index is 0.126. The van der Waals surface area contributed by atoms with E-state index in [9.17, 15) is 9.59 Å². The van der Waals surface area contributed by atoms with E-state index in [1.54, 1.807) is 18.5 Å². The van der Waals surface area contributed by atoms with E-state index in [1.165, 1.54) is 0 Å². The van der Waals surface area contributed by atoms with Crippen molar-refractivity contribution in [1.82, 2.24) is 20.2 Å². The molecule has 0 aliphatic rings. The lowest BCUT2D eigenvalue weighted by atomic mass is 10.2. The van der Waals surface area contributed by atoms with Gasteiger partial charge in [0.15, 0.2) is 0 Å². The summed E-state index contributed by atoms with van der Waals surface area (Å²) in [6.45, 7) is 1.09. The molecule has 1 aromatic heterocycles. The Morgan fingerprint density at radius 2 is 2.26 bits per heavy atom. The zero-order chi connectivity index (χ0) is 13.7. The van der Waals surface area contributed by atoms with Crippen LogP contribution in [0.4, 0.5) is 0 Å². The fourth-order valence-corrected chi connectivity index (χ4v) is 1.83. The minimum Gasteiger partial charge on any atom is -0.359 e. The monoisotopic (exact) mass is 260 g/mol. The summed E-state index contributed by atoms with van der Waals surface area (Å²) in [4.78, 5) is 26.2. The first-order chi connectivity index (χ1) is 9.22. The molecule has 0 saturated heterocycles. The molecule has 100 valence electrons. The standard InChI is InChI=1S/C13H16N4O2/c1-17-8-16-11-7-10(3-4-12(11)17)13(19)15-6-2-5-14-9-18/h3-4,7-9H,2,5-6H2,1H3,(H,14,18)(H,15,19). The van der Waals surface area contributed by atoms with Gasteiger partial charge in [0, 0.05) is 25.7 Å². The van der Waals surface area contributed by atoms with Gasteiger partial charge in [-0.3, -0.25) is 9.59 Å². The molecule has 0 spiro atoms. The van der Waals surface area contributed by atoms with Gasteiger partial charge < -0.3 is 15.2 Å². The molecule has 1 heterocycles. The Kier molecular flexibility index (Phi) is 4.12. The summed E-state index contributed by atoms with van der Waals surface area (Å²) < 4.78 is 1.90. The number of hydrogen-bond donors (Lipinski definition) is 2. The number of carbonyl (C=O) groups is 2. The fourth-order valence-electron chi connectivity index (χ4n) is 1.83. The van der Waals surface area contributed by atoms with Crippen molar-refractivity contribution in [3.05, 3.63) is 30.1 Å². The maximum atomic E-state index is 11.9. The van der Waals surface area contributed by atoms with Gasteiger partial charge in [0.05, 0.1) is 17.4 Å². The van der Waals surface area contributed by atoms with Crippen molar-refractivity contribution in [3.8, 4) is 0 Å². The SMILES string of the molecule is Cn1cnc2cc(C(=O)NCCCNC=O)ccc21. The van der Waals surface area contributed by atoms with E-state index in [4.69, 9.17) is 0 Å². The molecule has 0 atom stereocenters. The highest BCUT2D eigenvalue weighted by atomic mass is 16.1. The van der Waals surface area contributed by atoms with Crippen LogP contribution in [0.1, 0.15) is 16.8 Å². The Morgan fingerprint density at radius 3 is 3.05 bits per heavy atom. The van der Waals surface area contributed by atoms with Gasteiger partial charge in [-0.25, -0.2) is 4.98 Å². The number of aryl methyl sites for hydroxylation is 1. The molecule has 1 aromatic carbocycles. The van der Waals surface area contributed by atoms with Gasteiger partial charge >= 0.3 is 0 Å². The largest absolute Gasteiger partial charge is 0.359 e. The summed E-state index contributed by atoms with van der Waals surface area (Å²) in [6, 6.07) is 5.43. The van der Waals surface area contributed by atoms with Crippen LogP contribution < -0.4 is 10.6 Å². The third kappa shape index (κ3) is 3.09. The van der Waals surface area contributed by atoms with Crippen molar-refractivity contribution < 1.29 is 9.59 Å². The topological polar surface area (TPSA) is 76.0 Å². The number of nitrogens with zero attached hydrogens (tertiary/aromatic N) is 2. The summed E-state index contributed by atoms with van der Waals surface area (Å²) in [5, 5.41) is 5.34. The normalized spacial score (nSPS) is 10.4. The third-order valence-corrected chi connectivity index (χ3v) is 2.85. The number of fused-ring (bicyclic) bond motifs is 1. The van der Waals surface area contributed by atoms with Gasteiger partial charge in [-0.05, 0) is 24.6 Å². The average Bonchev–Trinajstić information content (AvgIpc) is 2.79. The highest BCUT2D eigenvalue weighted by Crippen LogP contribution is 2.13. The van der Waals surface area contributed by atoms with E-state index in [1.807, 2.05) is 17.7 Å². The van der Waals surface area contributed by atoms with Crippen LogP contribution >= 0.6 is 0 Å². The zero-order valence-electron chi connectivity index (χ0n) is 10.7. The predicted molar refractivity (Wildman–Crippen MR) is 71.7 cm³/mol. The second-order valence-electron chi connectivity index (χ2n) is 4.24. The van der Waals surface area contributed by atoms with Crippen LogP contribution in [0.15, 0.2) is 24.5 Å². The number of carbonyl (C=O) groups excluding carboxylic acids is 2. The van der Waals surface area contributed by atoms with Gasteiger partial charge in [0.25, 0.3) is 5.91 Å². The molecule has 6 nitrogen and oxygen atoms in total. The molecule has 0 fully saturated rings. The molecule has 6 heteroatoms. The summed E-state index contributed by atoms with van der Waals surface area (Å²) in [5.74, 6) is -0.126. The number of hydrogen-bond acceptors (Lipinski definition) is 3. The molecule has 19 heavy (non-hydrogen) atoms. The second-order valence-corrected chi connectivity index (χ2v) is 4.24. The van der Waals surface area contributed by atoms with Gasteiger partial charge in [-0.2, -0.15) is 0 Å². The predicted octanol–water partition coefficient (Wildman–Crippen LogP) is 0.439. The molecule has 0 bridgehead atoms. The van der Waals surface area contributed by atoms with E-state index >= 15 is 0 Å². The van der Waals surface area contributed by atoms with E-state index in [0.29, 0.717) is 31.5 Å². The average molecular weight is 260 g/mol. The van der Waals surface area contributed by atoms with Crippen molar-refractivity contribution in [3.63, 3.8) is 0 Å². The highest BCUT2D eigenvalue weighted by molar-refractivity contribution is 5.97. The first kappa shape index (κ1) is 13.1. The van der Waals surface area contributed by atoms with Crippen LogP contribution in [0.5, 0.6) is 0 Å². The second kappa shape index (κ2) is 5.99. The molecule has 2 aromatic rings. The summed E-state index contributed by atoms with van der Waals surface area (Å²) >= 11 is 0. The number of benzene rings is 1. The molecule has 0 aliphatic carbocycles. The maximum Gasteiger partial charge on any atom is 0.251 e. The molecule has 0 unspecified atom stereocenters. The first-order valence-corrected chi connectivity index (χ1v) is 6.08. The highest BCUT2D eigenvalue weighted by Gasteiger charge is 2.07. The maximum absolute atomic E-state index is 11.9. The van der Waals surface area contributed by atoms with E-state index in [0.717, 1.165) is 11.0 Å². The minimum atomic E-state index is -0.126. The Balaban J connectivity index is 1.95.